The molecule has 3 heteroatoms. The zero-order chi connectivity index (χ0) is 13.9. The molecule has 0 N–H and O–H groups in total. The third-order valence-corrected chi connectivity index (χ3v) is 3.20. The Balaban J connectivity index is 2.14. The van der Waals surface area contributed by atoms with Crippen LogP contribution in [0.4, 0.5) is 0 Å². The van der Waals surface area contributed by atoms with E-state index in [4.69, 9.17) is 9.15 Å². The highest BCUT2D eigenvalue weighted by molar-refractivity contribution is 5.76. The normalized spacial score (nSPS) is 10.7. The molecule has 3 rings (SSSR count). The van der Waals surface area contributed by atoms with Crippen LogP contribution in [0, 0.1) is 0 Å². The number of hydrogen-bond acceptors (Lipinski definition) is 3. The number of hydrogen-bond donors (Lipinski definition) is 0. The molecule has 0 unspecified atom stereocenters. The van der Waals surface area contributed by atoms with E-state index >= 15 is 0 Å². The molecule has 1 aromatic heterocycles. The Kier molecular flexibility index (Phi) is 3.25. The first-order valence-corrected chi connectivity index (χ1v) is 6.45. The van der Waals surface area contributed by atoms with Crippen molar-refractivity contribution in [2.24, 2.45) is 0 Å². The van der Waals surface area contributed by atoms with Gasteiger partial charge >= 0.3 is 0 Å². The summed E-state index contributed by atoms with van der Waals surface area (Å²) in [7, 11) is 1.66. The van der Waals surface area contributed by atoms with E-state index in [-0.39, 0.29) is 0 Å². The van der Waals surface area contributed by atoms with Crippen molar-refractivity contribution in [3.8, 4) is 17.2 Å². The molecule has 0 saturated heterocycles. The molecule has 0 aliphatic carbocycles. The first-order chi connectivity index (χ1) is 9.81. The molecule has 100 valence electrons. The van der Waals surface area contributed by atoms with Crippen molar-refractivity contribution in [3.63, 3.8) is 0 Å². The molecule has 0 amide bonds. The second-order valence-corrected chi connectivity index (χ2v) is 4.50. The summed E-state index contributed by atoms with van der Waals surface area (Å²) in [5.74, 6) is 1.45. The number of benzene rings is 2. The van der Waals surface area contributed by atoms with E-state index in [0.29, 0.717) is 5.89 Å². The Hall–Kier alpha value is -2.55. The van der Waals surface area contributed by atoms with E-state index in [0.717, 1.165) is 34.4 Å². The highest BCUT2D eigenvalue weighted by Gasteiger charge is 2.12. The van der Waals surface area contributed by atoms with Crippen LogP contribution in [0.1, 0.15) is 5.56 Å². The lowest BCUT2D eigenvalue weighted by molar-refractivity contribution is 0.414. The molecule has 2 aromatic carbocycles. The molecule has 0 aliphatic heterocycles. The average molecular weight is 265 g/mol. The van der Waals surface area contributed by atoms with Gasteiger partial charge in [0.25, 0.3) is 0 Å². The smallest absolute Gasteiger partial charge is 0.227 e. The second kappa shape index (κ2) is 5.21. The molecule has 3 aromatic rings. The van der Waals surface area contributed by atoms with Gasteiger partial charge in [-0.2, -0.15) is 0 Å². The molecule has 0 aliphatic rings. The van der Waals surface area contributed by atoms with E-state index in [1.807, 2.05) is 48.5 Å². The summed E-state index contributed by atoms with van der Waals surface area (Å²) in [4.78, 5) is 4.54. The molecule has 3 nitrogen and oxygen atoms in total. The molecule has 20 heavy (non-hydrogen) atoms. The molecule has 0 radical (unpaired) electrons. The summed E-state index contributed by atoms with van der Waals surface area (Å²) < 4.78 is 11.1. The fraction of sp³-hybridized carbons (Fsp3) is 0.118. The molecule has 0 fully saturated rings. The summed E-state index contributed by atoms with van der Waals surface area (Å²) in [6.07, 6.45) is 2.60. The van der Waals surface area contributed by atoms with Crippen molar-refractivity contribution in [2.45, 2.75) is 6.42 Å². The zero-order valence-electron chi connectivity index (χ0n) is 11.3. The van der Waals surface area contributed by atoms with Gasteiger partial charge in [0, 0.05) is 5.56 Å². The van der Waals surface area contributed by atoms with Crippen molar-refractivity contribution < 1.29 is 9.15 Å². The maximum atomic E-state index is 5.83. The number of para-hydroxylation sites is 2. The van der Waals surface area contributed by atoms with Gasteiger partial charge in [-0.1, -0.05) is 18.2 Å². The molecule has 1 heterocycles. The number of methoxy groups -OCH3 is 1. The molecular formula is C17H15NO2. The predicted molar refractivity (Wildman–Crippen MR) is 79.9 cm³/mol. The van der Waals surface area contributed by atoms with Crippen molar-refractivity contribution in [3.05, 3.63) is 60.7 Å². The maximum absolute atomic E-state index is 5.83. The topological polar surface area (TPSA) is 35.3 Å². The SMILES string of the molecule is C=CCc1cc(OC)ccc1-c1nc2ccccc2o1. The maximum Gasteiger partial charge on any atom is 0.227 e. The van der Waals surface area contributed by atoms with Gasteiger partial charge in [-0.25, -0.2) is 4.98 Å². The molecular weight excluding hydrogens is 250 g/mol. The van der Waals surface area contributed by atoms with Crippen molar-refractivity contribution in [1.29, 1.82) is 0 Å². The zero-order valence-corrected chi connectivity index (χ0v) is 11.3. The van der Waals surface area contributed by atoms with Crippen LogP contribution in [0.5, 0.6) is 5.75 Å². The van der Waals surface area contributed by atoms with E-state index in [9.17, 15) is 0 Å². The number of oxazole rings is 1. The van der Waals surface area contributed by atoms with Crippen LogP contribution < -0.4 is 4.74 Å². The lowest BCUT2D eigenvalue weighted by Gasteiger charge is -2.07. The Labute approximate surface area is 117 Å². The summed E-state index contributed by atoms with van der Waals surface area (Å²) in [5, 5.41) is 0. The minimum absolute atomic E-state index is 0.630. The van der Waals surface area contributed by atoms with Crippen LogP contribution in [0.3, 0.4) is 0 Å². The fourth-order valence-corrected chi connectivity index (χ4v) is 2.22. The number of ether oxygens (including phenoxy) is 1. The Morgan fingerprint density at radius 2 is 2.10 bits per heavy atom. The predicted octanol–water partition coefficient (Wildman–Crippen LogP) is 4.23. The molecule has 0 saturated carbocycles. The van der Waals surface area contributed by atoms with Crippen LogP contribution in [0.15, 0.2) is 59.5 Å². The van der Waals surface area contributed by atoms with Gasteiger partial charge in [0.05, 0.1) is 7.11 Å². The Morgan fingerprint density at radius 3 is 2.85 bits per heavy atom. The van der Waals surface area contributed by atoms with Crippen LogP contribution in [0.2, 0.25) is 0 Å². The Bertz CT molecular complexity index is 726. The number of nitrogens with zero attached hydrogens (tertiary/aromatic N) is 1. The highest BCUT2D eigenvalue weighted by atomic mass is 16.5. The van der Waals surface area contributed by atoms with Crippen molar-refractivity contribution in [1.82, 2.24) is 4.98 Å². The number of aromatic nitrogens is 1. The summed E-state index contributed by atoms with van der Waals surface area (Å²) in [6, 6.07) is 13.6. The number of rotatable bonds is 4. The lowest BCUT2D eigenvalue weighted by Crippen LogP contribution is -1.91. The van der Waals surface area contributed by atoms with Crippen LogP contribution in [-0.2, 0) is 6.42 Å². The molecule has 0 spiro atoms. The summed E-state index contributed by atoms with van der Waals surface area (Å²) in [5.41, 5.74) is 3.72. The minimum Gasteiger partial charge on any atom is -0.497 e. The fourth-order valence-electron chi connectivity index (χ4n) is 2.22. The van der Waals surface area contributed by atoms with E-state index in [1.165, 1.54) is 0 Å². The van der Waals surface area contributed by atoms with E-state index in [2.05, 4.69) is 11.6 Å². The first kappa shape index (κ1) is 12.5. The van der Waals surface area contributed by atoms with Crippen LogP contribution in [0.25, 0.3) is 22.6 Å². The highest BCUT2D eigenvalue weighted by Crippen LogP contribution is 2.30. The van der Waals surface area contributed by atoms with Gasteiger partial charge in [-0.3, -0.25) is 0 Å². The minimum atomic E-state index is 0.630. The standard InChI is InChI=1S/C17H15NO2/c1-3-6-12-11-13(19-2)9-10-14(12)17-18-15-7-4-5-8-16(15)20-17/h3-5,7-11H,1,6H2,2H3. The van der Waals surface area contributed by atoms with Gasteiger partial charge in [0.15, 0.2) is 5.58 Å². The third-order valence-electron chi connectivity index (χ3n) is 3.20. The second-order valence-electron chi connectivity index (χ2n) is 4.50. The Morgan fingerprint density at radius 1 is 1.25 bits per heavy atom. The largest absolute Gasteiger partial charge is 0.497 e. The van der Waals surface area contributed by atoms with Gasteiger partial charge < -0.3 is 9.15 Å². The number of allylic oxidation sites excluding steroid dienone is 1. The number of fused-ring (bicyclic) bond motifs is 1. The van der Waals surface area contributed by atoms with Gasteiger partial charge in [-0.05, 0) is 42.3 Å². The summed E-state index contributed by atoms with van der Waals surface area (Å²) in [6.45, 7) is 3.80. The average Bonchev–Trinajstić information content (AvgIpc) is 2.91. The van der Waals surface area contributed by atoms with E-state index in [1.54, 1.807) is 7.11 Å². The quantitative estimate of drug-likeness (QED) is 0.662. The van der Waals surface area contributed by atoms with Crippen LogP contribution in [-0.4, -0.2) is 12.1 Å². The molecule has 0 bridgehead atoms. The lowest BCUT2D eigenvalue weighted by atomic mass is 10.0. The van der Waals surface area contributed by atoms with Gasteiger partial charge in [-0.15, -0.1) is 6.58 Å². The monoisotopic (exact) mass is 265 g/mol. The third kappa shape index (κ3) is 2.18. The summed E-state index contributed by atoms with van der Waals surface area (Å²) >= 11 is 0. The van der Waals surface area contributed by atoms with Gasteiger partial charge in [0.1, 0.15) is 11.3 Å². The first-order valence-electron chi connectivity index (χ1n) is 6.45. The van der Waals surface area contributed by atoms with Crippen molar-refractivity contribution in [2.75, 3.05) is 7.11 Å². The molecule has 0 atom stereocenters. The van der Waals surface area contributed by atoms with Crippen molar-refractivity contribution >= 4 is 11.1 Å². The van der Waals surface area contributed by atoms with E-state index < -0.39 is 0 Å². The van der Waals surface area contributed by atoms with Crippen LogP contribution >= 0.6 is 0 Å². The van der Waals surface area contributed by atoms with Gasteiger partial charge in [0.2, 0.25) is 5.89 Å².